The first kappa shape index (κ1) is 27.2. The quantitative estimate of drug-likeness (QED) is 0.390. The molecule has 0 aromatic heterocycles. The van der Waals surface area contributed by atoms with Crippen molar-refractivity contribution in [1.29, 1.82) is 0 Å². The number of nitrogens with zero attached hydrogens (tertiary/aromatic N) is 4. The normalized spacial score (nSPS) is 22.0. The third-order valence-electron chi connectivity index (χ3n) is 8.12. The van der Waals surface area contributed by atoms with Gasteiger partial charge in [0, 0.05) is 39.1 Å². The summed E-state index contributed by atoms with van der Waals surface area (Å²) in [7, 11) is 0. The minimum atomic E-state index is -0.589. The van der Waals surface area contributed by atoms with Crippen molar-refractivity contribution in [2.45, 2.75) is 31.2 Å². The third kappa shape index (κ3) is 5.63. The standard InChI is InChI=1S/C31H35N5O5/c37-31-30(36(38)39)29(27-25(13-7-15-32-27)35(31)16-14-26-40-21-8-22-41-26)34-19-17-33(18-20-34)28(23-9-3-1-4-10-23)24-11-5-2-6-12-24/h1-7,9-13,15,26-28,32H,8,14,16-22H2. The van der Waals surface area contributed by atoms with Crippen LogP contribution in [0.2, 0.25) is 0 Å². The second kappa shape index (κ2) is 12.3. The molecule has 2 fully saturated rings. The van der Waals surface area contributed by atoms with E-state index in [0.29, 0.717) is 57.2 Å². The number of amides is 1. The molecule has 1 N–H and O–H groups in total. The summed E-state index contributed by atoms with van der Waals surface area (Å²) < 4.78 is 11.3. The highest BCUT2D eigenvalue weighted by Crippen LogP contribution is 2.35. The molecule has 10 nitrogen and oxygen atoms in total. The fourth-order valence-corrected chi connectivity index (χ4v) is 6.21. The Bertz CT molecular complexity index is 1290. The van der Waals surface area contributed by atoms with Crippen LogP contribution in [0.15, 0.2) is 96.1 Å². The van der Waals surface area contributed by atoms with Crippen LogP contribution in [-0.4, -0.2) is 83.8 Å². The number of ether oxygens (including phenoxy) is 2. The molecule has 214 valence electrons. The number of dihydropyridines is 1. The van der Waals surface area contributed by atoms with E-state index in [2.05, 4.69) is 58.7 Å². The minimum absolute atomic E-state index is 0.0717. The topological polar surface area (TPSA) is 100 Å². The number of benzene rings is 2. The van der Waals surface area contributed by atoms with E-state index in [-0.39, 0.29) is 18.3 Å². The second-order valence-corrected chi connectivity index (χ2v) is 10.6. The van der Waals surface area contributed by atoms with Gasteiger partial charge in [0.1, 0.15) is 11.7 Å². The summed E-state index contributed by atoms with van der Waals surface area (Å²) in [4.78, 5) is 31.6. The molecule has 10 heteroatoms. The monoisotopic (exact) mass is 557 g/mol. The van der Waals surface area contributed by atoms with E-state index in [0.717, 1.165) is 6.42 Å². The lowest BCUT2D eigenvalue weighted by Crippen LogP contribution is -2.56. The van der Waals surface area contributed by atoms with Crippen LogP contribution in [0, 0.1) is 10.1 Å². The fourth-order valence-electron chi connectivity index (χ4n) is 6.21. The number of allylic oxidation sites excluding steroid dienone is 2. The number of fused-ring (bicyclic) bond motifs is 1. The molecule has 6 rings (SSSR count). The summed E-state index contributed by atoms with van der Waals surface area (Å²) in [5.41, 5.74) is 3.19. The van der Waals surface area contributed by atoms with Crippen molar-refractivity contribution in [3.8, 4) is 0 Å². The van der Waals surface area contributed by atoms with Crippen LogP contribution in [-0.2, 0) is 14.3 Å². The average Bonchev–Trinajstić information content (AvgIpc) is 3.02. The van der Waals surface area contributed by atoms with E-state index in [9.17, 15) is 14.9 Å². The van der Waals surface area contributed by atoms with Gasteiger partial charge in [0.15, 0.2) is 6.29 Å². The number of hydrogen-bond donors (Lipinski definition) is 1. The number of piperazine rings is 1. The number of rotatable bonds is 8. The molecule has 2 aromatic rings. The van der Waals surface area contributed by atoms with Gasteiger partial charge in [-0.25, -0.2) is 0 Å². The van der Waals surface area contributed by atoms with Crippen molar-refractivity contribution in [2.75, 3.05) is 45.9 Å². The van der Waals surface area contributed by atoms with Crippen LogP contribution in [0.5, 0.6) is 0 Å². The minimum Gasteiger partial charge on any atom is -0.377 e. The largest absolute Gasteiger partial charge is 0.377 e. The highest BCUT2D eigenvalue weighted by molar-refractivity contribution is 5.95. The van der Waals surface area contributed by atoms with Gasteiger partial charge < -0.3 is 24.6 Å². The molecular weight excluding hydrogens is 522 g/mol. The Labute approximate surface area is 239 Å². The lowest BCUT2D eigenvalue weighted by Gasteiger charge is -2.45. The molecule has 41 heavy (non-hydrogen) atoms. The van der Waals surface area contributed by atoms with Gasteiger partial charge in [-0.1, -0.05) is 60.7 Å². The van der Waals surface area contributed by atoms with Gasteiger partial charge >= 0.3 is 11.6 Å². The van der Waals surface area contributed by atoms with Gasteiger partial charge in [-0.05, 0) is 35.9 Å². The second-order valence-electron chi connectivity index (χ2n) is 10.6. The van der Waals surface area contributed by atoms with Crippen LogP contribution in [0.1, 0.15) is 30.0 Å². The van der Waals surface area contributed by atoms with E-state index < -0.39 is 23.2 Å². The first-order valence-electron chi connectivity index (χ1n) is 14.3. The fraction of sp³-hybridized carbons (Fsp3) is 0.387. The van der Waals surface area contributed by atoms with Crippen molar-refractivity contribution < 1.29 is 19.2 Å². The van der Waals surface area contributed by atoms with Gasteiger partial charge in [0.05, 0.1) is 29.9 Å². The number of carbonyl (C=O) groups excluding carboxylic acids is 1. The van der Waals surface area contributed by atoms with E-state index in [1.807, 2.05) is 29.2 Å². The molecule has 1 unspecified atom stereocenters. The molecule has 4 aliphatic rings. The molecule has 2 saturated heterocycles. The number of nitrogens with one attached hydrogen (secondary N) is 1. The molecule has 0 aliphatic carbocycles. The zero-order valence-electron chi connectivity index (χ0n) is 22.9. The van der Waals surface area contributed by atoms with Crippen LogP contribution in [0.25, 0.3) is 0 Å². The number of carbonyl (C=O) groups is 1. The average molecular weight is 558 g/mol. The van der Waals surface area contributed by atoms with Crippen LogP contribution in [0.4, 0.5) is 0 Å². The summed E-state index contributed by atoms with van der Waals surface area (Å²) in [6, 6.07) is 20.4. The summed E-state index contributed by atoms with van der Waals surface area (Å²) >= 11 is 0. The van der Waals surface area contributed by atoms with E-state index in [4.69, 9.17) is 9.47 Å². The Morgan fingerprint density at radius 3 is 2.20 bits per heavy atom. The van der Waals surface area contributed by atoms with Crippen LogP contribution in [0.3, 0.4) is 0 Å². The zero-order chi connectivity index (χ0) is 28.2. The Morgan fingerprint density at radius 2 is 1.59 bits per heavy atom. The molecule has 0 saturated carbocycles. The molecule has 0 bridgehead atoms. The summed E-state index contributed by atoms with van der Waals surface area (Å²) in [5, 5.41) is 15.7. The molecule has 2 aromatic carbocycles. The van der Waals surface area contributed by atoms with E-state index in [1.165, 1.54) is 16.0 Å². The lowest BCUT2D eigenvalue weighted by atomic mass is 9.95. The highest BCUT2D eigenvalue weighted by atomic mass is 16.7. The first-order valence-corrected chi connectivity index (χ1v) is 14.3. The van der Waals surface area contributed by atoms with Crippen molar-refractivity contribution in [1.82, 2.24) is 20.0 Å². The Balaban J connectivity index is 1.25. The SMILES string of the molecule is O=C1C([N+](=O)[O-])=C(N2CCN(C(c3ccccc3)c3ccccc3)CC2)C2NC=CC=C2N1CCC1OCCCO1. The highest BCUT2D eigenvalue weighted by Gasteiger charge is 2.47. The van der Waals surface area contributed by atoms with E-state index >= 15 is 0 Å². The number of hydrogen-bond acceptors (Lipinski definition) is 8. The van der Waals surface area contributed by atoms with Gasteiger partial charge in [0.25, 0.3) is 0 Å². The van der Waals surface area contributed by atoms with Crippen molar-refractivity contribution in [3.05, 3.63) is 117 Å². The first-order chi connectivity index (χ1) is 20.1. The van der Waals surface area contributed by atoms with Crippen molar-refractivity contribution in [2.24, 2.45) is 0 Å². The predicted molar refractivity (Wildman–Crippen MR) is 153 cm³/mol. The molecule has 1 atom stereocenters. The summed E-state index contributed by atoms with van der Waals surface area (Å²) in [6.07, 6.45) is 6.35. The zero-order valence-corrected chi connectivity index (χ0v) is 22.9. The predicted octanol–water partition coefficient (Wildman–Crippen LogP) is 3.25. The van der Waals surface area contributed by atoms with Crippen molar-refractivity contribution >= 4 is 5.91 Å². The van der Waals surface area contributed by atoms with Gasteiger partial charge in [0.2, 0.25) is 0 Å². The molecule has 0 spiro atoms. The molecule has 1 amide bonds. The van der Waals surface area contributed by atoms with Gasteiger partial charge in [-0.3, -0.25) is 19.8 Å². The maximum absolute atomic E-state index is 13.7. The number of nitro groups is 1. The Kier molecular flexibility index (Phi) is 8.13. The smallest absolute Gasteiger partial charge is 0.355 e. The summed E-state index contributed by atoms with van der Waals surface area (Å²) in [5.74, 6) is -0.589. The van der Waals surface area contributed by atoms with Crippen LogP contribution >= 0.6 is 0 Å². The maximum atomic E-state index is 13.7. The van der Waals surface area contributed by atoms with E-state index in [1.54, 1.807) is 6.20 Å². The molecule has 4 heterocycles. The van der Waals surface area contributed by atoms with Gasteiger partial charge in [-0.2, -0.15) is 0 Å². The lowest BCUT2D eigenvalue weighted by molar-refractivity contribution is -0.423. The Hall–Kier alpha value is -3.99. The molecule has 0 radical (unpaired) electrons. The molecule has 4 aliphatic heterocycles. The molecular formula is C31H35N5O5. The summed E-state index contributed by atoms with van der Waals surface area (Å²) in [6.45, 7) is 4.01. The van der Waals surface area contributed by atoms with Gasteiger partial charge in [-0.15, -0.1) is 0 Å². The van der Waals surface area contributed by atoms with Crippen LogP contribution < -0.4 is 5.32 Å². The van der Waals surface area contributed by atoms with Crippen molar-refractivity contribution in [3.63, 3.8) is 0 Å². The Morgan fingerprint density at radius 1 is 0.951 bits per heavy atom. The maximum Gasteiger partial charge on any atom is 0.355 e. The third-order valence-corrected chi connectivity index (χ3v) is 8.12.